The Kier molecular flexibility index (Phi) is 5.82. The largest absolute Gasteiger partial charge is 0.381 e. The number of hydrogen-bond acceptors (Lipinski definition) is 4. The number of nitrogens with zero attached hydrogens (tertiary/aromatic N) is 1. The predicted octanol–water partition coefficient (Wildman–Crippen LogP) is 3.44. The number of carbonyl (C=O) groups is 1. The molecule has 5 heteroatoms. The quantitative estimate of drug-likeness (QED) is 0.472. The van der Waals surface area contributed by atoms with Crippen LogP contribution in [-0.4, -0.2) is 24.4 Å². The molecular formula is C15H21NO4. The van der Waals surface area contributed by atoms with Crippen molar-refractivity contribution in [1.82, 2.24) is 0 Å². The van der Waals surface area contributed by atoms with Gasteiger partial charge in [-0.05, 0) is 57.2 Å². The van der Waals surface area contributed by atoms with Gasteiger partial charge in [0.05, 0.1) is 10.5 Å². The molecule has 2 rings (SSSR count). The van der Waals surface area contributed by atoms with Crippen LogP contribution < -0.4 is 0 Å². The zero-order valence-corrected chi connectivity index (χ0v) is 12.5. The fourth-order valence-electron chi connectivity index (χ4n) is 2.21. The van der Waals surface area contributed by atoms with Crippen LogP contribution in [0.2, 0.25) is 0 Å². The van der Waals surface area contributed by atoms with E-state index in [1.165, 1.54) is 12.8 Å². The summed E-state index contributed by atoms with van der Waals surface area (Å²) in [6.45, 7) is 9.11. The Hall–Kier alpha value is -1.75. The summed E-state index contributed by atoms with van der Waals surface area (Å²) in [4.78, 5) is 21.2. The molecule has 0 spiro atoms. The highest BCUT2D eigenvalue weighted by Gasteiger charge is 2.22. The smallest absolute Gasteiger partial charge is 0.283 e. The van der Waals surface area contributed by atoms with Gasteiger partial charge in [-0.3, -0.25) is 14.9 Å². The Balaban J connectivity index is 0.000000333. The molecule has 1 aromatic carbocycles. The Morgan fingerprint density at radius 2 is 1.50 bits per heavy atom. The number of hydrogen-bond donors (Lipinski definition) is 0. The van der Waals surface area contributed by atoms with Gasteiger partial charge in [-0.2, -0.15) is 0 Å². The first-order valence-electron chi connectivity index (χ1n) is 6.69. The normalized spacial score (nSPS) is 13.6. The van der Waals surface area contributed by atoms with Crippen LogP contribution in [0.5, 0.6) is 0 Å². The SMILES string of the molecule is C1CCOC1.Cc1c(C)c(C)c([N+](=O)[O-])c(C=O)c1C. The lowest BCUT2D eigenvalue weighted by Gasteiger charge is -2.11. The van der Waals surface area contributed by atoms with E-state index in [2.05, 4.69) is 0 Å². The molecule has 0 amide bonds. The molecule has 1 saturated heterocycles. The van der Waals surface area contributed by atoms with Crippen molar-refractivity contribution in [2.24, 2.45) is 0 Å². The summed E-state index contributed by atoms with van der Waals surface area (Å²) < 4.78 is 4.94. The summed E-state index contributed by atoms with van der Waals surface area (Å²) >= 11 is 0. The number of nitro benzene ring substituents is 1. The molecule has 0 bridgehead atoms. The summed E-state index contributed by atoms with van der Waals surface area (Å²) in [6.07, 6.45) is 3.12. The van der Waals surface area contributed by atoms with Crippen LogP contribution in [-0.2, 0) is 4.74 Å². The van der Waals surface area contributed by atoms with E-state index in [1.54, 1.807) is 13.8 Å². The third-order valence-electron chi connectivity index (χ3n) is 3.83. The summed E-state index contributed by atoms with van der Waals surface area (Å²) in [6, 6.07) is 0. The van der Waals surface area contributed by atoms with Crippen molar-refractivity contribution in [2.45, 2.75) is 40.5 Å². The predicted molar refractivity (Wildman–Crippen MR) is 77.5 cm³/mol. The van der Waals surface area contributed by atoms with E-state index in [9.17, 15) is 14.9 Å². The molecule has 0 aromatic heterocycles. The second-order valence-corrected chi connectivity index (χ2v) is 4.96. The zero-order valence-electron chi connectivity index (χ0n) is 12.5. The fraction of sp³-hybridized carbons (Fsp3) is 0.533. The van der Waals surface area contributed by atoms with Gasteiger partial charge >= 0.3 is 0 Å². The first-order valence-corrected chi connectivity index (χ1v) is 6.69. The van der Waals surface area contributed by atoms with Crippen molar-refractivity contribution in [3.05, 3.63) is 37.9 Å². The van der Waals surface area contributed by atoms with E-state index < -0.39 is 4.92 Å². The molecule has 5 nitrogen and oxygen atoms in total. The molecule has 0 radical (unpaired) electrons. The minimum atomic E-state index is -0.488. The molecule has 110 valence electrons. The van der Waals surface area contributed by atoms with Crippen LogP contribution in [0.25, 0.3) is 0 Å². The summed E-state index contributed by atoms with van der Waals surface area (Å²) in [7, 11) is 0. The lowest BCUT2D eigenvalue weighted by Crippen LogP contribution is -2.04. The van der Waals surface area contributed by atoms with Crippen LogP contribution in [0.15, 0.2) is 0 Å². The second kappa shape index (κ2) is 7.14. The molecule has 0 unspecified atom stereocenters. The van der Waals surface area contributed by atoms with Gasteiger partial charge in [0.25, 0.3) is 5.69 Å². The Bertz CT molecular complexity index is 512. The van der Waals surface area contributed by atoms with Crippen molar-refractivity contribution in [1.29, 1.82) is 0 Å². The van der Waals surface area contributed by atoms with E-state index in [0.717, 1.165) is 24.3 Å². The van der Waals surface area contributed by atoms with Crippen molar-refractivity contribution >= 4 is 12.0 Å². The topological polar surface area (TPSA) is 69.4 Å². The van der Waals surface area contributed by atoms with Crippen molar-refractivity contribution in [2.75, 3.05) is 13.2 Å². The van der Waals surface area contributed by atoms with Crippen molar-refractivity contribution in [3.63, 3.8) is 0 Å². The molecule has 1 aliphatic rings. The van der Waals surface area contributed by atoms with Gasteiger partial charge in [0, 0.05) is 18.8 Å². The molecular weight excluding hydrogens is 258 g/mol. The molecule has 0 aliphatic carbocycles. The molecule has 1 aromatic rings. The highest BCUT2D eigenvalue weighted by atomic mass is 16.6. The molecule has 1 aliphatic heterocycles. The summed E-state index contributed by atoms with van der Waals surface area (Å²) in [5, 5.41) is 10.9. The van der Waals surface area contributed by atoms with Gasteiger partial charge in [0.15, 0.2) is 6.29 Å². The van der Waals surface area contributed by atoms with Crippen LogP contribution in [0, 0.1) is 37.8 Å². The molecule has 1 heterocycles. The highest BCUT2D eigenvalue weighted by Crippen LogP contribution is 2.31. The number of ether oxygens (including phenoxy) is 1. The van der Waals surface area contributed by atoms with E-state index in [1.807, 2.05) is 13.8 Å². The molecule has 20 heavy (non-hydrogen) atoms. The maximum atomic E-state index is 10.9. The van der Waals surface area contributed by atoms with Crippen LogP contribution in [0.1, 0.15) is 45.5 Å². The Morgan fingerprint density at radius 3 is 1.85 bits per heavy atom. The van der Waals surface area contributed by atoms with Gasteiger partial charge in [0.2, 0.25) is 0 Å². The first-order chi connectivity index (χ1) is 9.41. The fourth-order valence-corrected chi connectivity index (χ4v) is 2.21. The molecule has 0 atom stereocenters. The standard InChI is InChI=1S/C11H13NO3.C4H8O/c1-6-7(2)9(4)11(12(14)15)10(5-13)8(6)3;1-2-4-5-3-1/h5H,1-4H3;1-4H2. The molecule has 0 N–H and O–H groups in total. The van der Waals surface area contributed by atoms with E-state index in [4.69, 9.17) is 4.74 Å². The van der Waals surface area contributed by atoms with Crippen molar-refractivity contribution < 1.29 is 14.5 Å². The van der Waals surface area contributed by atoms with Gasteiger partial charge < -0.3 is 4.74 Å². The lowest BCUT2D eigenvalue weighted by atomic mass is 9.93. The minimum Gasteiger partial charge on any atom is -0.381 e. The number of aldehydes is 1. The summed E-state index contributed by atoms with van der Waals surface area (Å²) in [5.41, 5.74) is 3.22. The second-order valence-electron chi connectivity index (χ2n) is 4.96. The Morgan fingerprint density at radius 1 is 1.00 bits per heavy atom. The monoisotopic (exact) mass is 279 g/mol. The molecule has 0 saturated carbocycles. The number of rotatable bonds is 2. The summed E-state index contributed by atoms with van der Waals surface area (Å²) in [5.74, 6) is 0. The third-order valence-corrected chi connectivity index (χ3v) is 3.83. The van der Waals surface area contributed by atoms with Crippen LogP contribution >= 0.6 is 0 Å². The zero-order chi connectivity index (χ0) is 15.3. The van der Waals surface area contributed by atoms with Gasteiger partial charge in [-0.25, -0.2) is 0 Å². The average molecular weight is 279 g/mol. The van der Waals surface area contributed by atoms with Gasteiger partial charge in [-0.1, -0.05) is 0 Å². The maximum Gasteiger partial charge on any atom is 0.283 e. The Labute approximate surface area is 119 Å². The first kappa shape index (κ1) is 16.3. The number of carbonyl (C=O) groups excluding carboxylic acids is 1. The van der Waals surface area contributed by atoms with Gasteiger partial charge in [-0.15, -0.1) is 0 Å². The lowest BCUT2D eigenvalue weighted by molar-refractivity contribution is -0.385. The van der Waals surface area contributed by atoms with Gasteiger partial charge in [0.1, 0.15) is 0 Å². The maximum absolute atomic E-state index is 10.9. The van der Waals surface area contributed by atoms with Crippen LogP contribution in [0.3, 0.4) is 0 Å². The van der Waals surface area contributed by atoms with E-state index in [-0.39, 0.29) is 11.3 Å². The average Bonchev–Trinajstić information content (AvgIpc) is 2.99. The minimum absolute atomic E-state index is 0.0643. The van der Waals surface area contributed by atoms with Crippen molar-refractivity contribution in [3.8, 4) is 0 Å². The highest BCUT2D eigenvalue weighted by molar-refractivity contribution is 5.86. The number of nitro groups is 1. The number of benzene rings is 1. The van der Waals surface area contributed by atoms with Crippen LogP contribution in [0.4, 0.5) is 5.69 Å². The van der Waals surface area contributed by atoms with E-state index >= 15 is 0 Å². The molecule has 1 fully saturated rings. The van der Waals surface area contributed by atoms with E-state index in [0.29, 0.717) is 17.4 Å². The third kappa shape index (κ3) is 3.42.